The molecular weight excluding hydrogens is 531 g/mol. The van der Waals surface area contributed by atoms with Crippen molar-refractivity contribution in [1.82, 2.24) is 10.2 Å². The number of ether oxygens (including phenoxy) is 2. The summed E-state index contributed by atoms with van der Waals surface area (Å²) in [7, 11) is 0. The maximum Gasteiger partial charge on any atom is 0.265 e. The Hall–Kier alpha value is -3.99. The van der Waals surface area contributed by atoms with Gasteiger partial charge in [0.05, 0.1) is 10.6 Å². The minimum absolute atomic E-state index is 0.0131. The Morgan fingerprint density at radius 1 is 0.975 bits per heavy atom. The molecule has 2 bridgehead atoms. The first kappa shape index (κ1) is 25.0. The average Bonchev–Trinajstić information content (AvgIpc) is 3.70. The van der Waals surface area contributed by atoms with Crippen LogP contribution < -0.4 is 25.4 Å². The van der Waals surface area contributed by atoms with Crippen molar-refractivity contribution in [2.75, 3.05) is 36.9 Å². The first-order chi connectivity index (χ1) is 19.5. The summed E-state index contributed by atoms with van der Waals surface area (Å²) in [5.41, 5.74) is 1.93. The highest BCUT2D eigenvalue weighted by atomic mass is 32.1. The standard InChI is InChI=1S/C30H27FN4O4S/c31-23-5-4-20(33-29(36)19-3-6-25-26(10-19)39-8-7-38-25)13-24(23)34-30(37)28-11-18-2-1-17(9-27(18)40-28)15-35-16-21-12-22(35)14-32-21/h1-6,9-11,13,21-22,32H,7-8,12,14-16H2,(H,33,36)(H,34,37)/t21-,22?/m0/s1. The number of nitrogens with zero attached hydrogens (tertiary/aromatic N) is 1. The predicted octanol–water partition coefficient (Wildman–Crippen LogP) is 4.86. The van der Waals surface area contributed by atoms with Crippen LogP contribution in [-0.4, -0.2) is 55.1 Å². The molecule has 3 aliphatic rings. The summed E-state index contributed by atoms with van der Waals surface area (Å²) < 4.78 is 26.7. The van der Waals surface area contributed by atoms with Crippen LogP contribution in [0.5, 0.6) is 11.5 Å². The lowest BCUT2D eigenvalue weighted by Crippen LogP contribution is -2.42. The number of carbonyl (C=O) groups excluding carboxylic acids is 2. The van der Waals surface area contributed by atoms with Crippen molar-refractivity contribution in [3.8, 4) is 11.5 Å². The molecule has 3 N–H and O–H groups in total. The van der Waals surface area contributed by atoms with E-state index in [0.29, 0.717) is 52.9 Å². The van der Waals surface area contributed by atoms with Crippen LogP contribution in [0.25, 0.3) is 10.1 Å². The van der Waals surface area contributed by atoms with Crippen LogP contribution in [-0.2, 0) is 6.54 Å². The summed E-state index contributed by atoms with van der Waals surface area (Å²) in [5, 5.41) is 9.93. The monoisotopic (exact) mass is 558 g/mol. The Morgan fingerprint density at radius 2 is 1.85 bits per heavy atom. The van der Waals surface area contributed by atoms with Gasteiger partial charge in [0, 0.05) is 47.7 Å². The zero-order chi connectivity index (χ0) is 27.2. The highest BCUT2D eigenvalue weighted by Crippen LogP contribution is 2.32. The van der Waals surface area contributed by atoms with Gasteiger partial charge in [-0.05, 0) is 65.9 Å². The lowest BCUT2D eigenvalue weighted by atomic mass is 10.1. The number of likely N-dealkylation sites (tertiary alicyclic amines) is 1. The normalized spacial score (nSPS) is 19.6. The minimum atomic E-state index is -0.594. The van der Waals surface area contributed by atoms with Gasteiger partial charge in [0.1, 0.15) is 19.0 Å². The van der Waals surface area contributed by atoms with Gasteiger partial charge < -0.3 is 25.4 Å². The summed E-state index contributed by atoms with van der Waals surface area (Å²) in [6.07, 6.45) is 1.21. The highest BCUT2D eigenvalue weighted by Gasteiger charge is 2.37. The third-order valence-electron chi connectivity index (χ3n) is 7.64. The van der Waals surface area contributed by atoms with Crippen molar-refractivity contribution >= 4 is 44.6 Å². The number of piperazine rings is 1. The summed E-state index contributed by atoms with van der Waals surface area (Å²) in [4.78, 5) is 28.9. The van der Waals surface area contributed by atoms with Crippen LogP contribution in [0.3, 0.4) is 0 Å². The molecule has 204 valence electrons. The van der Waals surface area contributed by atoms with Gasteiger partial charge in [0.25, 0.3) is 11.8 Å². The van der Waals surface area contributed by atoms with Crippen molar-refractivity contribution < 1.29 is 23.5 Å². The molecule has 7 rings (SSSR count). The van der Waals surface area contributed by atoms with Gasteiger partial charge >= 0.3 is 0 Å². The number of halogens is 1. The Kier molecular flexibility index (Phi) is 6.38. The number of thiophene rings is 1. The molecule has 4 heterocycles. The molecule has 0 radical (unpaired) electrons. The van der Waals surface area contributed by atoms with Gasteiger partial charge in [0.15, 0.2) is 11.5 Å². The number of fused-ring (bicyclic) bond motifs is 4. The van der Waals surface area contributed by atoms with Crippen LogP contribution >= 0.6 is 11.3 Å². The van der Waals surface area contributed by atoms with Crippen molar-refractivity contribution in [3.05, 3.63) is 82.5 Å². The number of carbonyl (C=O) groups is 2. The summed E-state index contributed by atoms with van der Waals surface area (Å²) in [5.74, 6) is -0.299. The number of anilines is 2. The van der Waals surface area contributed by atoms with Crippen molar-refractivity contribution in [1.29, 1.82) is 0 Å². The van der Waals surface area contributed by atoms with Gasteiger partial charge in [0.2, 0.25) is 0 Å². The third-order valence-corrected chi connectivity index (χ3v) is 8.74. The molecule has 4 aromatic rings. The van der Waals surface area contributed by atoms with Crippen LogP contribution in [0.1, 0.15) is 32.0 Å². The number of amides is 2. The molecule has 10 heteroatoms. The fourth-order valence-electron chi connectivity index (χ4n) is 5.63. The van der Waals surface area contributed by atoms with Crippen LogP contribution in [0.15, 0.2) is 60.7 Å². The molecule has 1 aromatic heterocycles. The second-order valence-electron chi connectivity index (χ2n) is 10.4. The molecule has 2 amide bonds. The Balaban J connectivity index is 1.04. The molecule has 2 fully saturated rings. The minimum Gasteiger partial charge on any atom is -0.486 e. The predicted molar refractivity (Wildman–Crippen MR) is 152 cm³/mol. The van der Waals surface area contributed by atoms with E-state index in [1.807, 2.05) is 12.1 Å². The first-order valence-electron chi connectivity index (χ1n) is 13.3. The second kappa shape index (κ2) is 10.2. The van der Waals surface area contributed by atoms with Gasteiger partial charge in [-0.25, -0.2) is 4.39 Å². The third kappa shape index (κ3) is 4.90. The Morgan fingerprint density at radius 3 is 2.67 bits per heavy atom. The van der Waals surface area contributed by atoms with E-state index in [1.54, 1.807) is 18.2 Å². The second-order valence-corrected chi connectivity index (χ2v) is 11.5. The van der Waals surface area contributed by atoms with Gasteiger partial charge in [-0.1, -0.05) is 12.1 Å². The molecule has 0 aliphatic carbocycles. The highest BCUT2D eigenvalue weighted by molar-refractivity contribution is 7.20. The number of nitrogens with one attached hydrogen (secondary N) is 3. The maximum absolute atomic E-state index is 14.6. The lowest BCUT2D eigenvalue weighted by Gasteiger charge is -2.27. The Bertz CT molecular complexity index is 1640. The van der Waals surface area contributed by atoms with Gasteiger partial charge in [-0.3, -0.25) is 14.5 Å². The summed E-state index contributed by atoms with van der Waals surface area (Å²) >= 11 is 1.38. The van der Waals surface area contributed by atoms with E-state index in [4.69, 9.17) is 9.47 Å². The molecule has 2 saturated heterocycles. The van der Waals surface area contributed by atoms with Crippen LogP contribution in [0, 0.1) is 5.82 Å². The zero-order valence-electron chi connectivity index (χ0n) is 21.5. The molecular formula is C30H27FN4O4S. The molecule has 3 aromatic carbocycles. The van der Waals surface area contributed by atoms with Crippen molar-refractivity contribution in [2.45, 2.75) is 25.0 Å². The molecule has 0 spiro atoms. The van der Waals surface area contributed by atoms with E-state index in [-0.39, 0.29) is 11.6 Å². The maximum atomic E-state index is 14.6. The van der Waals surface area contributed by atoms with E-state index in [9.17, 15) is 14.0 Å². The zero-order valence-corrected chi connectivity index (χ0v) is 22.4. The van der Waals surface area contributed by atoms with E-state index in [2.05, 4.69) is 33.0 Å². The van der Waals surface area contributed by atoms with E-state index in [1.165, 1.54) is 41.5 Å². The lowest BCUT2D eigenvalue weighted by molar-refractivity contribution is 0.102. The summed E-state index contributed by atoms with van der Waals surface area (Å²) in [6.45, 7) is 3.90. The smallest absolute Gasteiger partial charge is 0.265 e. The molecule has 1 unspecified atom stereocenters. The van der Waals surface area contributed by atoms with E-state index < -0.39 is 11.7 Å². The van der Waals surface area contributed by atoms with Crippen LogP contribution in [0.4, 0.5) is 15.8 Å². The van der Waals surface area contributed by atoms with Crippen molar-refractivity contribution in [2.24, 2.45) is 0 Å². The number of hydrogen-bond donors (Lipinski definition) is 3. The molecule has 3 aliphatic heterocycles. The van der Waals surface area contributed by atoms with Crippen LogP contribution in [0.2, 0.25) is 0 Å². The quantitative estimate of drug-likeness (QED) is 0.313. The largest absolute Gasteiger partial charge is 0.486 e. The van der Waals surface area contributed by atoms with Crippen molar-refractivity contribution in [3.63, 3.8) is 0 Å². The fraction of sp³-hybridized carbons (Fsp3) is 0.267. The number of benzene rings is 3. The van der Waals surface area contributed by atoms with Gasteiger partial charge in [-0.2, -0.15) is 0 Å². The molecule has 2 atom stereocenters. The van der Waals surface area contributed by atoms with E-state index in [0.717, 1.165) is 29.7 Å². The SMILES string of the molecule is O=C(Nc1ccc(F)c(NC(=O)c2cc3ccc(CN4C[C@@H]5CC4CN5)cc3s2)c1)c1ccc2c(c1)OCCO2. The van der Waals surface area contributed by atoms with Gasteiger partial charge in [-0.15, -0.1) is 11.3 Å². The first-order valence-corrected chi connectivity index (χ1v) is 14.1. The van der Waals surface area contributed by atoms with E-state index >= 15 is 0 Å². The number of hydrogen-bond acceptors (Lipinski definition) is 7. The average molecular weight is 559 g/mol. The summed E-state index contributed by atoms with van der Waals surface area (Å²) in [6, 6.07) is 18.3. The number of rotatable bonds is 6. The topological polar surface area (TPSA) is 91.9 Å². The Labute approximate surface area is 234 Å². The fourth-order valence-corrected chi connectivity index (χ4v) is 6.65. The molecule has 40 heavy (non-hydrogen) atoms. The molecule has 0 saturated carbocycles. The molecule has 8 nitrogen and oxygen atoms in total.